The van der Waals surface area contributed by atoms with Crippen molar-refractivity contribution >= 4 is 27.3 Å². The molecule has 1 aromatic heterocycles. The van der Waals surface area contributed by atoms with Crippen molar-refractivity contribution in [3.05, 3.63) is 22.4 Å². The van der Waals surface area contributed by atoms with Gasteiger partial charge in [0.2, 0.25) is 0 Å². The molecule has 0 N–H and O–H groups in total. The minimum absolute atomic E-state index is 0.652. The van der Waals surface area contributed by atoms with Gasteiger partial charge in [-0.3, -0.25) is 0 Å². The standard InChI is InChI=1S/C12H20BrNS/c1-11(10-12-6-5-9-15-12)14(2)8-4-3-7-13/h5-6,9,11H,3-4,7-8,10H2,1-2H3. The molecule has 1 aromatic rings. The van der Waals surface area contributed by atoms with Crippen molar-refractivity contribution in [3.63, 3.8) is 0 Å². The smallest absolute Gasteiger partial charge is 0.0112 e. The number of likely N-dealkylation sites (N-methyl/N-ethyl adjacent to an activating group) is 1. The summed E-state index contributed by atoms with van der Waals surface area (Å²) in [5.41, 5.74) is 0. The van der Waals surface area contributed by atoms with Gasteiger partial charge in [-0.25, -0.2) is 0 Å². The molecule has 0 aliphatic rings. The number of rotatable bonds is 7. The molecule has 0 saturated carbocycles. The molecule has 1 atom stereocenters. The first-order valence-electron chi connectivity index (χ1n) is 5.52. The molecule has 0 aliphatic carbocycles. The Hall–Kier alpha value is 0.140. The van der Waals surface area contributed by atoms with Crippen molar-refractivity contribution in [1.29, 1.82) is 0 Å². The summed E-state index contributed by atoms with van der Waals surface area (Å²) in [5, 5.41) is 3.28. The summed E-state index contributed by atoms with van der Waals surface area (Å²) in [6.45, 7) is 3.52. The molecular weight excluding hydrogens is 270 g/mol. The highest BCUT2D eigenvalue weighted by Crippen LogP contribution is 2.13. The van der Waals surface area contributed by atoms with Crippen LogP contribution in [0, 0.1) is 0 Å². The summed E-state index contributed by atoms with van der Waals surface area (Å²) in [5.74, 6) is 0. The van der Waals surface area contributed by atoms with Crippen LogP contribution in [0.4, 0.5) is 0 Å². The van der Waals surface area contributed by atoms with Gasteiger partial charge in [0, 0.05) is 16.2 Å². The van der Waals surface area contributed by atoms with Crippen LogP contribution in [0.15, 0.2) is 17.5 Å². The van der Waals surface area contributed by atoms with Gasteiger partial charge in [0.05, 0.1) is 0 Å². The predicted molar refractivity (Wildman–Crippen MR) is 73.1 cm³/mol. The van der Waals surface area contributed by atoms with E-state index in [4.69, 9.17) is 0 Å². The topological polar surface area (TPSA) is 3.24 Å². The molecule has 0 fully saturated rings. The van der Waals surface area contributed by atoms with Crippen LogP contribution in [-0.4, -0.2) is 29.9 Å². The Morgan fingerprint density at radius 3 is 2.87 bits per heavy atom. The van der Waals surface area contributed by atoms with Gasteiger partial charge in [-0.2, -0.15) is 0 Å². The molecule has 15 heavy (non-hydrogen) atoms. The third kappa shape index (κ3) is 5.14. The van der Waals surface area contributed by atoms with Gasteiger partial charge in [-0.15, -0.1) is 11.3 Å². The number of hydrogen-bond acceptors (Lipinski definition) is 2. The Morgan fingerprint density at radius 2 is 2.27 bits per heavy atom. The van der Waals surface area contributed by atoms with E-state index < -0.39 is 0 Å². The zero-order chi connectivity index (χ0) is 11.1. The van der Waals surface area contributed by atoms with Gasteiger partial charge in [-0.1, -0.05) is 22.0 Å². The molecule has 1 heterocycles. The first-order valence-corrected chi connectivity index (χ1v) is 7.52. The maximum Gasteiger partial charge on any atom is 0.0112 e. The highest BCUT2D eigenvalue weighted by Gasteiger charge is 2.09. The maximum absolute atomic E-state index is 3.47. The summed E-state index contributed by atoms with van der Waals surface area (Å²) in [6, 6.07) is 5.02. The zero-order valence-electron chi connectivity index (χ0n) is 9.58. The summed E-state index contributed by atoms with van der Waals surface area (Å²) in [7, 11) is 2.23. The fourth-order valence-corrected chi connectivity index (χ4v) is 2.77. The molecule has 0 amide bonds. The monoisotopic (exact) mass is 289 g/mol. The molecule has 0 aromatic carbocycles. The van der Waals surface area contributed by atoms with Crippen LogP contribution < -0.4 is 0 Å². The number of unbranched alkanes of at least 4 members (excludes halogenated alkanes) is 1. The van der Waals surface area contributed by atoms with Crippen LogP contribution in [0.5, 0.6) is 0 Å². The van der Waals surface area contributed by atoms with E-state index in [-0.39, 0.29) is 0 Å². The van der Waals surface area contributed by atoms with E-state index in [1.54, 1.807) is 0 Å². The van der Waals surface area contributed by atoms with Crippen LogP contribution in [0.2, 0.25) is 0 Å². The van der Waals surface area contributed by atoms with E-state index in [0.29, 0.717) is 6.04 Å². The molecule has 1 unspecified atom stereocenters. The van der Waals surface area contributed by atoms with Crippen molar-refractivity contribution in [3.8, 4) is 0 Å². The normalized spacial score (nSPS) is 13.3. The molecular formula is C12H20BrNS. The zero-order valence-corrected chi connectivity index (χ0v) is 12.0. The lowest BCUT2D eigenvalue weighted by Gasteiger charge is -2.24. The summed E-state index contributed by atoms with van der Waals surface area (Å²) in [6.07, 6.45) is 3.75. The van der Waals surface area contributed by atoms with Crippen molar-refractivity contribution in [2.75, 3.05) is 18.9 Å². The Morgan fingerprint density at radius 1 is 1.47 bits per heavy atom. The van der Waals surface area contributed by atoms with Crippen LogP contribution in [0.1, 0.15) is 24.6 Å². The first-order chi connectivity index (χ1) is 7.24. The first kappa shape index (κ1) is 13.2. The number of hydrogen-bond donors (Lipinski definition) is 0. The van der Waals surface area contributed by atoms with E-state index in [1.807, 2.05) is 11.3 Å². The number of thiophene rings is 1. The lowest BCUT2D eigenvalue weighted by atomic mass is 10.2. The van der Waals surface area contributed by atoms with E-state index in [0.717, 1.165) is 5.33 Å². The quantitative estimate of drug-likeness (QED) is 0.545. The Balaban J connectivity index is 2.23. The average molecular weight is 290 g/mol. The predicted octanol–water partition coefficient (Wildman–Crippen LogP) is 3.79. The van der Waals surface area contributed by atoms with Crippen LogP contribution in [0.3, 0.4) is 0 Å². The second-order valence-corrected chi connectivity index (χ2v) is 5.83. The van der Waals surface area contributed by atoms with Gasteiger partial charge < -0.3 is 4.90 Å². The summed E-state index contributed by atoms with van der Waals surface area (Å²) in [4.78, 5) is 3.96. The van der Waals surface area contributed by atoms with E-state index in [9.17, 15) is 0 Å². The molecule has 1 nitrogen and oxygen atoms in total. The van der Waals surface area contributed by atoms with Gasteiger partial charge in [0.15, 0.2) is 0 Å². The molecule has 3 heteroatoms. The Bertz CT molecular complexity index is 248. The SMILES string of the molecule is CC(Cc1cccs1)N(C)CCCCBr. The lowest BCUT2D eigenvalue weighted by Crippen LogP contribution is -2.31. The van der Waals surface area contributed by atoms with Gasteiger partial charge in [0.1, 0.15) is 0 Å². The largest absolute Gasteiger partial charge is 0.303 e. The molecule has 0 radical (unpaired) electrons. The van der Waals surface area contributed by atoms with Gasteiger partial charge >= 0.3 is 0 Å². The van der Waals surface area contributed by atoms with Crippen molar-refractivity contribution in [2.24, 2.45) is 0 Å². The van der Waals surface area contributed by atoms with Crippen LogP contribution in [0.25, 0.3) is 0 Å². The third-order valence-corrected chi connectivity index (χ3v) is 4.18. The van der Waals surface area contributed by atoms with Crippen LogP contribution >= 0.6 is 27.3 Å². The van der Waals surface area contributed by atoms with Crippen molar-refractivity contribution < 1.29 is 0 Å². The Kier molecular flexibility index (Phi) is 6.53. The van der Waals surface area contributed by atoms with Crippen LogP contribution in [-0.2, 0) is 6.42 Å². The van der Waals surface area contributed by atoms with Crippen molar-refractivity contribution in [2.45, 2.75) is 32.2 Å². The number of alkyl halides is 1. The van der Waals surface area contributed by atoms with E-state index in [1.165, 1.54) is 30.7 Å². The fraction of sp³-hybridized carbons (Fsp3) is 0.667. The number of halogens is 1. The lowest BCUT2D eigenvalue weighted by molar-refractivity contribution is 0.254. The molecule has 1 rings (SSSR count). The molecule has 86 valence electrons. The summed E-state index contributed by atoms with van der Waals surface area (Å²) < 4.78 is 0. The Labute approximate surface area is 106 Å². The van der Waals surface area contributed by atoms with E-state index >= 15 is 0 Å². The second kappa shape index (κ2) is 7.42. The summed E-state index contributed by atoms with van der Waals surface area (Å²) >= 11 is 5.33. The third-order valence-electron chi connectivity index (χ3n) is 2.72. The maximum atomic E-state index is 3.47. The van der Waals surface area contributed by atoms with Crippen molar-refractivity contribution in [1.82, 2.24) is 4.90 Å². The second-order valence-electron chi connectivity index (χ2n) is 4.01. The minimum Gasteiger partial charge on any atom is -0.303 e. The highest BCUT2D eigenvalue weighted by atomic mass is 79.9. The van der Waals surface area contributed by atoms with Gasteiger partial charge in [-0.05, 0) is 51.2 Å². The van der Waals surface area contributed by atoms with E-state index in [2.05, 4.69) is 52.3 Å². The highest BCUT2D eigenvalue weighted by molar-refractivity contribution is 9.09. The number of nitrogens with zero attached hydrogens (tertiary/aromatic N) is 1. The molecule has 0 spiro atoms. The van der Waals surface area contributed by atoms with Gasteiger partial charge in [0.25, 0.3) is 0 Å². The average Bonchev–Trinajstić information content (AvgIpc) is 2.70. The molecule has 0 saturated heterocycles. The molecule has 0 bridgehead atoms. The fourth-order valence-electron chi connectivity index (χ4n) is 1.55. The molecule has 0 aliphatic heterocycles. The minimum atomic E-state index is 0.652.